The van der Waals surface area contributed by atoms with Gasteiger partial charge in [0.05, 0.1) is 0 Å². The van der Waals surface area contributed by atoms with Crippen molar-refractivity contribution in [2.24, 2.45) is 0 Å². The third kappa shape index (κ3) is 55.9. The van der Waals surface area contributed by atoms with Gasteiger partial charge in [-0.3, -0.25) is 14.4 Å². The second kappa shape index (κ2) is 57.7. The number of esters is 3. The van der Waals surface area contributed by atoms with E-state index in [-0.39, 0.29) is 31.1 Å². The molecule has 0 saturated carbocycles. The summed E-state index contributed by atoms with van der Waals surface area (Å²) in [6.07, 6.45) is 72.6. The van der Waals surface area contributed by atoms with Crippen LogP contribution in [-0.4, -0.2) is 37.2 Å². The maximum absolute atomic E-state index is 12.8. The monoisotopic (exact) mass is 965 g/mol. The van der Waals surface area contributed by atoms with E-state index >= 15 is 0 Å². The number of carbonyl (C=O) groups is 3. The molecule has 69 heavy (non-hydrogen) atoms. The van der Waals surface area contributed by atoms with Crippen molar-refractivity contribution in [1.82, 2.24) is 0 Å². The maximum atomic E-state index is 12.8. The normalized spacial score (nSPS) is 12.4. The van der Waals surface area contributed by atoms with E-state index in [4.69, 9.17) is 14.2 Å². The fourth-order valence-corrected chi connectivity index (χ4v) is 8.48. The third-order valence-corrected chi connectivity index (χ3v) is 13.0. The van der Waals surface area contributed by atoms with Crippen LogP contribution in [0.3, 0.4) is 0 Å². The van der Waals surface area contributed by atoms with Crippen LogP contribution in [0, 0.1) is 0 Å². The highest BCUT2D eigenvalue weighted by atomic mass is 16.6. The van der Waals surface area contributed by atoms with Crippen LogP contribution in [0.1, 0.15) is 303 Å². The standard InChI is InChI=1S/C63H112O6/c1-4-7-10-13-15-17-19-21-23-25-27-29-30-31-32-34-35-37-39-41-43-45-47-50-53-56-62(65)68-59-60(58-67-61(64)55-52-49-12-9-6-3)69-63(66)57-54-51-48-46-44-42-40-38-36-33-28-26-24-22-20-18-16-14-11-8-5-2/h19-22,25-28,30-31,60H,4-18,23-24,29,32-59H2,1-3H3/b21-19-,22-20-,27-25-,28-26-,31-30-. The third-order valence-electron chi connectivity index (χ3n) is 13.0. The number of allylic oxidation sites excluding steroid dienone is 10. The van der Waals surface area contributed by atoms with E-state index in [2.05, 4.69) is 81.5 Å². The van der Waals surface area contributed by atoms with Gasteiger partial charge in [-0.25, -0.2) is 0 Å². The molecule has 0 amide bonds. The maximum Gasteiger partial charge on any atom is 0.306 e. The van der Waals surface area contributed by atoms with E-state index in [1.165, 1.54) is 180 Å². The first kappa shape index (κ1) is 66.1. The number of hydrogen-bond donors (Lipinski definition) is 0. The molecule has 0 aromatic rings. The summed E-state index contributed by atoms with van der Waals surface area (Å²) >= 11 is 0. The Kier molecular flexibility index (Phi) is 55.3. The van der Waals surface area contributed by atoms with E-state index < -0.39 is 6.10 Å². The lowest BCUT2D eigenvalue weighted by Gasteiger charge is -2.18. The molecule has 1 unspecified atom stereocenters. The smallest absolute Gasteiger partial charge is 0.306 e. The summed E-state index contributed by atoms with van der Waals surface area (Å²) in [5.41, 5.74) is 0. The van der Waals surface area contributed by atoms with Gasteiger partial charge in [-0.05, 0) is 89.9 Å². The quantitative estimate of drug-likeness (QED) is 0.0262. The number of hydrogen-bond acceptors (Lipinski definition) is 6. The van der Waals surface area contributed by atoms with Crippen molar-refractivity contribution in [3.8, 4) is 0 Å². The molecule has 0 radical (unpaired) electrons. The molecule has 6 heteroatoms. The van der Waals surface area contributed by atoms with Gasteiger partial charge in [-0.1, -0.05) is 255 Å². The van der Waals surface area contributed by atoms with Crippen molar-refractivity contribution in [3.63, 3.8) is 0 Å². The van der Waals surface area contributed by atoms with E-state index in [0.717, 1.165) is 83.5 Å². The van der Waals surface area contributed by atoms with E-state index in [9.17, 15) is 14.4 Å². The molecule has 0 bridgehead atoms. The van der Waals surface area contributed by atoms with Crippen molar-refractivity contribution in [1.29, 1.82) is 0 Å². The second-order valence-electron chi connectivity index (χ2n) is 19.9. The van der Waals surface area contributed by atoms with Gasteiger partial charge in [0, 0.05) is 19.3 Å². The highest BCUT2D eigenvalue weighted by Gasteiger charge is 2.19. The van der Waals surface area contributed by atoms with Gasteiger partial charge >= 0.3 is 17.9 Å². The predicted molar refractivity (Wildman–Crippen MR) is 298 cm³/mol. The Morgan fingerprint density at radius 2 is 0.522 bits per heavy atom. The van der Waals surface area contributed by atoms with Crippen molar-refractivity contribution >= 4 is 17.9 Å². The topological polar surface area (TPSA) is 78.9 Å². The second-order valence-corrected chi connectivity index (χ2v) is 19.9. The molecule has 0 rings (SSSR count). The molecule has 0 heterocycles. The van der Waals surface area contributed by atoms with Crippen LogP contribution in [0.2, 0.25) is 0 Å². The van der Waals surface area contributed by atoms with Crippen LogP contribution < -0.4 is 0 Å². The molecule has 1 atom stereocenters. The largest absolute Gasteiger partial charge is 0.462 e. The summed E-state index contributed by atoms with van der Waals surface area (Å²) in [5, 5.41) is 0. The Morgan fingerprint density at radius 1 is 0.290 bits per heavy atom. The zero-order valence-corrected chi connectivity index (χ0v) is 45.8. The summed E-state index contributed by atoms with van der Waals surface area (Å²) in [6.45, 7) is 6.55. The fourth-order valence-electron chi connectivity index (χ4n) is 8.48. The number of ether oxygens (including phenoxy) is 3. The van der Waals surface area contributed by atoms with Gasteiger partial charge in [0.25, 0.3) is 0 Å². The molecular formula is C63H112O6. The molecular weight excluding hydrogens is 853 g/mol. The summed E-state index contributed by atoms with van der Waals surface area (Å²) in [6, 6.07) is 0. The van der Waals surface area contributed by atoms with E-state index in [1.807, 2.05) is 0 Å². The van der Waals surface area contributed by atoms with Gasteiger partial charge in [-0.2, -0.15) is 0 Å². The average Bonchev–Trinajstić information content (AvgIpc) is 3.35. The zero-order valence-electron chi connectivity index (χ0n) is 45.8. The minimum atomic E-state index is -0.774. The van der Waals surface area contributed by atoms with Crippen LogP contribution in [0.15, 0.2) is 60.8 Å². The van der Waals surface area contributed by atoms with Gasteiger partial charge in [0.1, 0.15) is 13.2 Å². The highest BCUT2D eigenvalue weighted by molar-refractivity contribution is 5.71. The van der Waals surface area contributed by atoms with Crippen LogP contribution in [0.5, 0.6) is 0 Å². The highest BCUT2D eigenvalue weighted by Crippen LogP contribution is 2.16. The number of rotatable bonds is 54. The lowest BCUT2D eigenvalue weighted by Crippen LogP contribution is -2.30. The van der Waals surface area contributed by atoms with Crippen molar-refractivity contribution in [2.45, 2.75) is 309 Å². The lowest BCUT2D eigenvalue weighted by atomic mass is 10.0. The number of carbonyl (C=O) groups excluding carboxylic acids is 3. The summed E-state index contributed by atoms with van der Waals surface area (Å²) in [5.74, 6) is -0.889. The average molecular weight is 966 g/mol. The Bertz CT molecular complexity index is 1250. The first-order valence-electron chi connectivity index (χ1n) is 29.8. The molecule has 0 aromatic heterocycles. The molecule has 0 spiro atoms. The minimum Gasteiger partial charge on any atom is -0.462 e. The predicted octanol–water partition coefficient (Wildman–Crippen LogP) is 20.0. The summed E-state index contributed by atoms with van der Waals surface area (Å²) in [4.78, 5) is 37.8. The Hall–Kier alpha value is -2.89. The molecule has 0 fully saturated rings. The molecule has 0 aliphatic heterocycles. The first-order valence-corrected chi connectivity index (χ1v) is 29.8. The van der Waals surface area contributed by atoms with Crippen molar-refractivity contribution in [3.05, 3.63) is 60.8 Å². The Balaban J connectivity index is 4.09. The van der Waals surface area contributed by atoms with Crippen molar-refractivity contribution in [2.75, 3.05) is 13.2 Å². The fraction of sp³-hybridized carbons (Fsp3) is 0.794. The van der Waals surface area contributed by atoms with Crippen molar-refractivity contribution < 1.29 is 28.6 Å². The Morgan fingerprint density at radius 3 is 0.812 bits per heavy atom. The van der Waals surface area contributed by atoms with E-state index in [0.29, 0.717) is 19.3 Å². The number of unbranched alkanes of at least 4 members (excludes halogenated alkanes) is 33. The molecule has 6 nitrogen and oxygen atoms in total. The SMILES string of the molecule is CCCCCCC/C=C\C/C=C\C/C=C\CCCCCCCCCCCCC(=O)OCC(COC(=O)CCCCCCC)OC(=O)CCCCCCCCCCC/C=C\C/C=C\CCCCCCC. The van der Waals surface area contributed by atoms with Gasteiger partial charge in [0.15, 0.2) is 6.10 Å². The molecule has 400 valence electrons. The molecule has 0 N–H and O–H groups in total. The zero-order chi connectivity index (χ0) is 50.0. The lowest BCUT2D eigenvalue weighted by molar-refractivity contribution is -0.167. The minimum absolute atomic E-state index is 0.0769. The van der Waals surface area contributed by atoms with Crippen LogP contribution in [0.25, 0.3) is 0 Å². The summed E-state index contributed by atoms with van der Waals surface area (Å²) < 4.78 is 16.7. The van der Waals surface area contributed by atoms with Gasteiger partial charge < -0.3 is 14.2 Å². The van der Waals surface area contributed by atoms with Crippen LogP contribution in [0.4, 0.5) is 0 Å². The molecule has 0 aromatic carbocycles. The Labute approximate surface area is 428 Å². The van der Waals surface area contributed by atoms with Gasteiger partial charge in [-0.15, -0.1) is 0 Å². The van der Waals surface area contributed by atoms with Crippen LogP contribution >= 0.6 is 0 Å². The molecule has 0 aliphatic carbocycles. The summed E-state index contributed by atoms with van der Waals surface area (Å²) in [7, 11) is 0. The molecule has 0 saturated heterocycles. The van der Waals surface area contributed by atoms with Crippen LogP contribution in [-0.2, 0) is 28.6 Å². The molecule has 0 aliphatic rings. The van der Waals surface area contributed by atoms with E-state index in [1.54, 1.807) is 0 Å². The van der Waals surface area contributed by atoms with Gasteiger partial charge in [0.2, 0.25) is 0 Å². The first-order chi connectivity index (χ1) is 34.0.